The molecule has 2 fully saturated rings. The van der Waals surface area contributed by atoms with E-state index in [1.807, 2.05) is 12.1 Å². The molecule has 1 aromatic heterocycles. The van der Waals surface area contributed by atoms with Crippen molar-refractivity contribution in [3.05, 3.63) is 52.4 Å². The molecule has 2 saturated carbocycles. The Morgan fingerprint density at radius 3 is 2.26 bits per heavy atom. The molecule has 2 nitrogen and oxygen atoms in total. The van der Waals surface area contributed by atoms with E-state index in [1.165, 1.54) is 43.2 Å². The molecular formula is C29H35NO. The van der Waals surface area contributed by atoms with Crippen LogP contribution in [0.1, 0.15) is 103 Å². The van der Waals surface area contributed by atoms with E-state index in [0.29, 0.717) is 11.1 Å². The van der Waals surface area contributed by atoms with E-state index < -0.39 is 5.89 Å². The highest BCUT2D eigenvalue weighted by Gasteiger charge is 2.38. The third-order valence-electron chi connectivity index (χ3n) is 8.05. The van der Waals surface area contributed by atoms with Crippen molar-refractivity contribution < 1.29 is 5.79 Å². The number of fused-ring (bicyclic) bond motifs is 3. The van der Waals surface area contributed by atoms with Crippen LogP contribution >= 0.6 is 0 Å². The van der Waals surface area contributed by atoms with Crippen LogP contribution in [-0.4, -0.2) is 0 Å². The van der Waals surface area contributed by atoms with Crippen molar-refractivity contribution in [3.8, 4) is 0 Å². The van der Waals surface area contributed by atoms with Crippen molar-refractivity contribution in [2.45, 2.75) is 96.8 Å². The van der Waals surface area contributed by atoms with Gasteiger partial charge >= 0.3 is 0 Å². The Morgan fingerprint density at radius 2 is 1.61 bits per heavy atom. The molecule has 0 radical (unpaired) electrons. The third-order valence-corrected chi connectivity index (χ3v) is 8.05. The number of aryl methyl sites for hydroxylation is 1. The van der Waals surface area contributed by atoms with E-state index in [0.717, 1.165) is 53.2 Å². The summed E-state index contributed by atoms with van der Waals surface area (Å²) in [6, 6.07) is 8.30. The van der Waals surface area contributed by atoms with Gasteiger partial charge in [0.05, 0.1) is 6.57 Å². The Hall–Kier alpha value is -2.27. The van der Waals surface area contributed by atoms with Crippen LogP contribution in [0.3, 0.4) is 0 Å². The monoisotopic (exact) mass is 414 g/mol. The number of nitrogens with zero attached hydrogens (tertiary/aromatic N) is 1. The number of benzene rings is 2. The van der Waals surface area contributed by atoms with E-state index in [-0.39, 0.29) is 5.41 Å². The number of hydrogen-bond acceptors (Lipinski definition) is 1. The first-order chi connectivity index (χ1) is 15.2. The van der Waals surface area contributed by atoms with Crippen LogP contribution in [0.15, 0.2) is 28.7 Å². The lowest BCUT2D eigenvalue weighted by Gasteiger charge is -2.43. The van der Waals surface area contributed by atoms with Crippen LogP contribution in [0.4, 0.5) is 5.69 Å². The quantitative estimate of drug-likeness (QED) is 0.363. The molecular weight excluding hydrogens is 378 g/mol. The minimum Gasteiger partial charge on any atom is -0.457 e. The maximum Gasteiger partial charge on any atom is 0.194 e. The van der Waals surface area contributed by atoms with Crippen LogP contribution in [0.25, 0.3) is 26.8 Å². The van der Waals surface area contributed by atoms with E-state index in [2.05, 4.69) is 44.7 Å². The maximum atomic E-state index is 9.58. The predicted molar refractivity (Wildman–Crippen MR) is 130 cm³/mol. The van der Waals surface area contributed by atoms with Gasteiger partial charge in [-0.2, -0.15) is 0 Å². The molecule has 0 amide bonds. The van der Waals surface area contributed by atoms with Crippen molar-refractivity contribution in [1.82, 2.24) is 0 Å². The first-order valence-corrected chi connectivity index (χ1v) is 12.0. The second-order valence-electron chi connectivity index (χ2n) is 11.1. The number of hydrogen-bond donors (Lipinski definition) is 0. The van der Waals surface area contributed by atoms with Gasteiger partial charge in [-0.05, 0) is 67.7 Å². The van der Waals surface area contributed by atoms with E-state index in [1.54, 1.807) is 0 Å². The van der Waals surface area contributed by atoms with Crippen molar-refractivity contribution in [3.63, 3.8) is 0 Å². The van der Waals surface area contributed by atoms with Crippen molar-refractivity contribution in [2.75, 3.05) is 0 Å². The molecule has 1 spiro atoms. The summed E-state index contributed by atoms with van der Waals surface area (Å²) in [7, 11) is 0. The fourth-order valence-electron chi connectivity index (χ4n) is 6.49. The zero-order valence-corrected chi connectivity index (χ0v) is 19.5. The van der Waals surface area contributed by atoms with Gasteiger partial charge in [0.1, 0.15) is 11.2 Å². The fraction of sp³-hybridized carbons (Fsp3) is 0.552. The molecule has 2 aromatic carbocycles. The average Bonchev–Trinajstić information content (AvgIpc) is 3.13. The zero-order chi connectivity index (χ0) is 22.7. The SMILES string of the molecule is [2H]C1(c2c([N+]#[C-])ccc3c2oc2c(C(C)(C)C)c(C)ccc23)CCC2(CCCCC2)CC1. The summed E-state index contributed by atoms with van der Waals surface area (Å²) in [5, 5.41) is 2.16. The van der Waals surface area contributed by atoms with Gasteiger partial charge in [0.15, 0.2) is 5.69 Å². The summed E-state index contributed by atoms with van der Waals surface area (Å²) in [6.45, 7) is 16.7. The molecule has 2 heteroatoms. The van der Waals surface area contributed by atoms with Gasteiger partial charge in [-0.3, -0.25) is 0 Å². The Bertz CT molecular complexity index is 1220. The van der Waals surface area contributed by atoms with E-state index in [4.69, 9.17) is 11.0 Å². The molecule has 1 heterocycles. The molecule has 162 valence electrons. The van der Waals surface area contributed by atoms with Crippen LogP contribution in [0, 0.1) is 18.9 Å². The second-order valence-corrected chi connectivity index (χ2v) is 11.1. The summed E-state index contributed by atoms with van der Waals surface area (Å²) < 4.78 is 16.2. The van der Waals surface area contributed by atoms with Crippen molar-refractivity contribution in [2.24, 2.45) is 5.41 Å². The Morgan fingerprint density at radius 1 is 0.968 bits per heavy atom. The maximum absolute atomic E-state index is 9.58. The van der Waals surface area contributed by atoms with Gasteiger partial charge in [0.25, 0.3) is 0 Å². The smallest absolute Gasteiger partial charge is 0.194 e. The molecule has 0 unspecified atom stereocenters. The summed E-state index contributed by atoms with van der Waals surface area (Å²) in [6.07, 6.45) is 10.6. The first kappa shape index (κ1) is 19.4. The van der Waals surface area contributed by atoms with E-state index >= 15 is 0 Å². The normalized spacial score (nSPS) is 21.3. The van der Waals surface area contributed by atoms with Crippen LogP contribution in [0.2, 0.25) is 0 Å². The summed E-state index contributed by atoms with van der Waals surface area (Å²) >= 11 is 0. The summed E-state index contributed by atoms with van der Waals surface area (Å²) in [5.74, 6) is -0.743. The molecule has 31 heavy (non-hydrogen) atoms. The van der Waals surface area contributed by atoms with Gasteiger partial charge in [-0.25, -0.2) is 4.85 Å². The highest BCUT2D eigenvalue weighted by atomic mass is 16.3. The van der Waals surface area contributed by atoms with Gasteiger partial charge in [0.2, 0.25) is 0 Å². The topological polar surface area (TPSA) is 17.5 Å². The lowest BCUT2D eigenvalue weighted by atomic mass is 9.62. The van der Waals surface area contributed by atoms with Crippen LogP contribution in [0.5, 0.6) is 0 Å². The number of furan rings is 1. The molecule has 0 N–H and O–H groups in total. The lowest BCUT2D eigenvalue weighted by Crippen LogP contribution is -2.29. The van der Waals surface area contributed by atoms with Crippen LogP contribution < -0.4 is 0 Å². The molecule has 5 rings (SSSR count). The molecule has 0 aliphatic heterocycles. The highest BCUT2D eigenvalue weighted by Crippen LogP contribution is 2.53. The Kier molecular flexibility index (Phi) is 4.64. The molecule has 3 aromatic rings. The second kappa shape index (κ2) is 7.40. The Balaban J connectivity index is 1.69. The van der Waals surface area contributed by atoms with Gasteiger partial charge in [-0.1, -0.05) is 64.3 Å². The molecule has 0 saturated heterocycles. The van der Waals surface area contributed by atoms with Gasteiger partial charge in [-0.15, -0.1) is 0 Å². The van der Waals surface area contributed by atoms with Crippen molar-refractivity contribution >= 4 is 27.6 Å². The zero-order valence-electron chi connectivity index (χ0n) is 20.5. The first-order valence-electron chi connectivity index (χ1n) is 12.5. The Labute approximate surface area is 188 Å². The number of rotatable bonds is 1. The summed E-state index contributed by atoms with van der Waals surface area (Å²) in [5.41, 5.74) is 6.00. The van der Waals surface area contributed by atoms with Crippen LogP contribution in [-0.2, 0) is 5.41 Å². The summed E-state index contributed by atoms with van der Waals surface area (Å²) in [4.78, 5) is 3.87. The largest absolute Gasteiger partial charge is 0.457 e. The standard InChI is InChI=1S/C29H35NO/c1-19-9-10-22-21-11-12-23(30-5)24(26(21)31-27(22)25(19)28(2,3)4)20-13-17-29(18-14-20)15-7-6-8-16-29/h9-12,20H,6-8,13-18H2,1-4H3/i20D. The average molecular weight is 415 g/mol. The third kappa shape index (κ3) is 3.38. The molecule has 0 atom stereocenters. The molecule has 0 bridgehead atoms. The minimum atomic E-state index is -0.743. The highest BCUT2D eigenvalue weighted by molar-refractivity contribution is 6.08. The minimum absolute atomic E-state index is 0.0445. The van der Waals surface area contributed by atoms with Crippen molar-refractivity contribution in [1.29, 1.82) is 0 Å². The van der Waals surface area contributed by atoms with Gasteiger partial charge < -0.3 is 4.42 Å². The van der Waals surface area contributed by atoms with E-state index in [9.17, 15) is 1.37 Å². The fourth-order valence-corrected chi connectivity index (χ4v) is 6.49. The molecule has 2 aliphatic rings. The lowest BCUT2D eigenvalue weighted by molar-refractivity contribution is 0.114. The van der Waals surface area contributed by atoms with Gasteiger partial charge in [0, 0.05) is 23.3 Å². The molecule has 2 aliphatic carbocycles. The predicted octanol–water partition coefficient (Wildman–Crippen LogP) is 9.35.